The monoisotopic (exact) mass is 266 g/mol. The van der Waals surface area contributed by atoms with Crippen molar-refractivity contribution in [3.63, 3.8) is 0 Å². The minimum Gasteiger partial charge on any atom is -0.420 e. The van der Waals surface area contributed by atoms with Crippen molar-refractivity contribution in [1.29, 1.82) is 0 Å². The van der Waals surface area contributed by atoms with Crippen molar-refractivity contribution in [3.05, 3.63) is 0 Å². The Kier molecular flexibility index (Phi) is 7.67. The fraction of sp³-hybridized carbons (Fsp3) is 1.00. The normalized spacial score (nSPS) is 13.2. The highest BCUT2D eigenvalue weighted by Gasteiger charge is 2.27. The summed E-state index contributed by atoms with van der Waals surface area (Å²) in [4.78, 5) is 0. The highest BCUT2D eigenvalue weighted by molar-refractivity contribution is 8.17. The van der Waals surface area contributed by atoms with E-state index in [1.54, 1.807) is 0 Å². The lowest BCUT2D eigenvalue weighted by atomic mass is 10.6. The van der Waals surface area contributed by atoms with E-state index in [9.17, 15) is 0 Å². The average molecular weight is 267 g/mol. The van der Waals surface area contributed by atoms with E-state index in [-0.39, 0.29) is 0 Å². The maximum absolute atomic E-state index is 5.64. The average Bonchev–Trinajstić information content (AvgIpc) is 2.00. The second-order valence-corrected chi connectivity index (χ2v) is 13.2. The van der Waals surface area contributed by atoms with E-state index >= 15 is 0 Å². The summed E-state index contributed by atoms with van der Waals surface area (Å²) in [7, 11) is 0.449. The van der Waals surface area contributed by atoms with Crippen molar-refractivity contribution >= 4 is 31.8 Å². The largest absolute Gasteiger partial charge is 0.420 e. The fourth-order valence-electron chi connectivity index (χ4n) is 1.22. The Hall–Kier alpha value is 0.877. The molecule has 0 saturated carbocycles. The van der Waals surface area contributed by atoms with Crippen molar-refractivity contribution < 1.29 is 4.43 Å². The second-order valence-electron chi connectivity index (χ2n) is 4.97. The molecule has 4 heteroatoms. The molecule has 0 spiro atoms. The lowest BCUT2D eigenvalue weighted by Crippen LogP contribution is -2.32. The smallest absolute Gasteiger partial charge is 0.188 e. The molecule has 0 rings (SSSR count). The lowest BCUT2D eigenvalue weighted by molar-refractivity contribution is 0.405. The highest BCUT2D eigenvalue weighted by Crippen LogP contribution is 2.36. The van der Waals surface area contributed by atoms with Gasteiger partial charge in [0.1, 0.15) is 0 Å². The standard InChI is InChI=1S/C11H26OS2Si/c1-9(2)13-11(14-10(3)4)8-15(6,7)12-5/h9-11H,8H2,1-7H3. The molecule has 0 heterocycles. The molecule has 1 nitrogen and oxygen atoms in total. The molecule has 0 aliphatic rings. The Balaban J connectivity index is 4.23. The fourth-order valence-corrected chi connectivity index (χ4v) is 8.17. The second kappa shape index (κ2) is 7.25. The van der Waals surface area contributed by atoms with E-state index in [0.29, 0.717) is 15.1 Å². The van der Waals surface area contributed by atoms with Crippen LogP contribution in [0.1, 0.15) is 27.7 Å². The van der Waals surface area contributed by atoms with Gasteiger partial charge in [-0.2, -0.15) is 0 Å². The summed E-state index contributed by atoms with van der Waals surface area (Å²) in [6.07, 6.45) is 0. The molecule has 0 aromatic rings. The van der Waals surface area contributed by atoms with Gasteiger partial charge < -0.3 is 4.43 Å². The first-order valence-corrected chi connectivity index (χ1v) is 10.6. The van der Waals surface area contributed by atoms with E-state index in [1.807, 2.05) is 7.11 Å². The topological polar surface area (TPSA) is 9.23 Å². The van der Waals surface area contributed by atoms with Gasteiger partial charge in [0.15, 0.2) is 8.32 Å². The van der Waals surface area contributed by atoms with Crippen LogP contribution in [0.4, 0.5) is 0 Å². The third-order valence-electron chi connectivity index (χ3n) is 2.06. The quantitative estimate of drug-likeness (QED) is 0.498. The maximum atomic E-state index is 5.64. The molecule has 0 aliphatic carbocycles. The molecule has 0 fully saturated rings. The van der Waals surface area contributed by atoms with Gasteiger partial charge in [-0.05, 0) is 19.1 Å². The van der Waals surface area contributed by atoms with Gasteiger partial charge in [0.25, 0.3) is 0 Å². The lowest BCUT2D eigenvalue weighted by Gasteiger charge is -2.27. The van der Waals surface area contributed by atoms with Gasteiger partial charge in [0.05, 0.1) is 4.58 Å². The zero-order chi connectivity index (χ0) is 12.1. The Morgan fingerprint density at radius 3 is 1.67 bits per heavy atom. The molecule has 0 N–H and O–H groups in total. The summed E-state index contributed by atoms with van der Waals surface area (Å²) < 4.78 is 6.34. The summed E-state index contributed by atoms with van der Waals surface area (Å²) in [6, 6.07) is 1.25. The summed E-state index contributed by atoms with van der Waals surface area (Å²) in [5.41, 5.74) is 0. The Bertz CT molecular complexity index is 162. The minimum atomic E-state index is -1.42. The van der Waals surface area contributed by atoms with Crippen LogP contribution in [0.3, 0.4) is 0 Å². The van der Waals surface area contributed by atoms with Gasteiger partial charge >= 0.3 is 0 Å². The molecule has 0 aliphatic heterocycles. The van der Waals surface area contributed by atoms with Gasteiger partial charge in [0, 0.05) is 17.6 Å². The van der Waals surface area contributed by atoms with E-state index in [0.717, 1.165) is 0 Å². The maximum Gasteiger partial charge on any atom is 0.188 e. The summed E-state index contributed by atoms with van der Waals surface area (Å²) in [5, 5.41) is 1.42. The predicted molar refractivity (Wildman–Crippen MR) is 78.5 cm³/mol. The predicted octanol–water partition coefficient (Wildman–Crippen LogP) is 4.45. The molecular formula is C11H26OS2Si. The van der Waals surface area contributed by atoms with Crippen LogP contribution in [0.2, 0.25) is 19.1 Å². The van der Waals surface area contributed by atoms with Crippen LogP contribution in [0.5, 0.6) is 0 Å². The van der Waals surface area contributed by atoms with E-state index in [1.165, 1.54) is 6.04 Å². The molecule has 0 aromatic heterocycles. The number of hydrogen-bond donors (Lipinski definition) is 0. The van der Waals surface area contributed by atoms with Crippen molar-refractivity contribution in [2.45, 2.75) is 61.9 Å². The SMILES string of the molecule is CO[Si](C)(C)CC(SC(C)C)SC(C)C. The number of thioether (sulfide) groups is 2. The van der Waals surface area contributed by atoms with Crippen LogP contribution in [-0.4, -0.2) is 30.5 Å². The van der Waals surface area contributed by atoms with Crippen molar-refractivity contribution in [1.82, 2.24) is 0 Å². The zero-order valence-electron chi connectivity index (χ0n) is 11.2. The van der Waals surface area contributed by atoms with Crippen molar-refractivity contribution in [2.75, 3.05) is 7.11 Å². The molecule has 0 saturated heterocycles. The molecule has 0 aromatic carbocycles. The molecule has 0 radical (unpaired) electrons. The van der Waals surface area contributed by atoms with E-state index in [2.05, 4.69) is 64.3 Å². The third-order valence-corrected chi connectivity index (χ3v) is 7.84. The molecule has 0 atom stereocenters. The molecule has 92 valence electrons. The summed E-state index contributed by atoms with van der Waals surface area (Å²) >= 11 is 4.18. The summed E-state index contributed by atoms with van der Waals surface area (Å²) in [6.45, 7) is 13.7. The highest BCUT2D eigenvalue weighted by atomic mass is 32.2. The van der Waals surface area contributed by atoms with E-state index in [4.69, 9.17) is 4.43 Å². The van der Waals surface area contributed by atoms with E-state index < -0.39 is 8.32 Å². The zero-order valence-corrected chi connectivity index (χ0v) is 13.8. The Morgan fingerprint density at radius 2 is 1.40 bits per heavy atom. The minimum absolute atomic E-state index is 0.701. The van der Waals surface area contributed by atoms with Crippen molar-refractivity contribution in [3.8, 4) is 0 Å². The molecular weight excluding hydrogens is 240 g/mol. The van der Waals surface area contributed by atoms with Crippen LogP contribution >= 0.6 is 23.5 Å². The van der Waals surface area contributed by atoms with Crippen LogP contribution in [0.15, 0.2) is 0 Å². The van der Waals surface area contributed by atoms with Gasteiger partial charge in [0.2, 0.25) is 0 Å². The van der Waals surface area contributed by atoms with Gasteiger partial charge in [-0.15, -0.1) is 23.5 Å². The van der Waals surface area contributed by atoms with Crippen LogP contribution in [0.25, 0.3) is 0 Å². The van der Waals surface area contributed by atoms with Crippen LogP contribution in [0, 0.1) is 0 Å². The Labute approximate surface area is 105 Å². The van der Waals surface area contributed by atoms with Crippen LogP contribution in [-0.2, 0) is 4.43 Å². The number of hydrogen-bond acceptors (Lipinski definition) is 3. The first kappa shape index (κ1) is 15.9. The summed E-state index contributed by atoms with van der Waals surface area (Å²) in [5.74, 6) is 0. The van der Waals surface area contributed by atoms with Gasteiger partial charge in [-0.25, -0.2) is 0 Å². The Morgan fingerprint density at radius 1 is 1.00 bits per heavy atom. The first-order chi connectivity index (χ1) is 6.76. The molecule has 0 unspecified atom stereocenters. The molecule has 0 bridgehead atoms. The first-order valence-electron chi connectivity index (χ1n) is 5.63. The molecule has 0 amide bonds. The number of rotatable bonds is 7. The third kappa shape index (κ3) is 8.66. The van der Waals surface area contributed by atoms with Gasteiger partial charge in [-0.1, -0.05) is 27.7 Å². The van der Waals surface area contributed by atoms with Crippen LogP contribution < -0.4 is 0 Å². The van der Waals surface area contributed by atoms with Gasteiger partial charge in [-0.3, -0.25) is 0 Å². The molecule has 15 heavy (non-hydrogen) atoms. The van der Waals surface area contributed by atoms with Crippen molar-refractivity contribution in [2.24, 2.45) is 0 Å².